The molecule has 0 spiro atoms. The molecule has 0 fully saturated rings. The normalized spacial score (nSPS) is 10.8. The zero-order valence-electron chi connectivity index (χ0n) is 9.88. The zero-order valence-corrected chi connectivity index (χ0v) is 11.5. The lowest BCUT2D eigenvalue weighted by Crippen LogP contribution is -2.20. The van der Waals surface area contributed by atoms with Gasteiger partial charge in [-0.2, -0.15) is 9.78 Å². The summed E-state index contributed by atoms with van der Waals surface area (Å²) in [6, 6.07) is 12.6. The number of aromatic nitrogens is 2. The molecule has 1 aromatic heterocycles. The highest BCUT2D eigenvalue weighted by atomic mass is 79.9. The van der Waals surface area contributed by atoms with E-state index in [0.717, 1.165) is 15.5 Å². The first-order valence-corrected chi connectivity index (χ1v) is 6.48. The first-order chi connectivity index (χ1) is 9.15. The van der Waals surface area contributed by atoms with Gasteiger partial charge in [0.15, 0.2) is 0 Å². The van der Waals surface area contributed by atoms with Crippen molar-refractivity contribution in [1.82, 2.24) is 9.78 Å². The Balaban J connectivity index is 2.28. The Morgan fingerprint density at radius 2 is 1.84 bits per heavy atom. The molecule has 2 N–H and O–H groups in total. The van der Waals surface area contributed by atoms with E-state index in [9.17, 15) is 4.79 Å². The van der Waals surface area contributed by atoms with Gasteiger partial charge >= 0.3 is 0 Å². The van der Waals surface area contributed by atoms with Crippen LogP contribution in [0.25, 0.3) is 16.5 Å². The van der Waals surface area contributed by atoms with Crippen LogP contribution in [0, 0.1) is 0 Å². The summed E-state index contributed by atoms with van der Waals surface area (Å²) < 4.78 is 2.32. The van der Waals surface area contributed by atoms with Crippen molar-refractivity contribution in [1.29, 1.82) is 0 Å². The van der Waals surface area contributed by atoms with Gasteiger partial charge in [-0.05, 0) is 36.4 Å². The maximum Gasteiger partial charge on any atom is 0.279 e. The molecule has 0 aliphatic heterocycles. The number of fused-ring (bicyclic) bond motifs is 1. The van der Waals surface area contributed by atoms with Gasteiger partial charge in [0.25, 0.3) is 5.56 Å². The summed E-state index contributed by atoms with van der Waals surface area (Å²) in [5.74, 6) is 0. The maximum absolute atomic E-state index is 12.4. The molecule has 0 aliphatic carbocycles. The van der Waals surface area contributed by atoms with E-state index in [1.54, 1.807) is 24.4 Å². The number of anilines is 1. The van der Waals surface area contributed by atoms with Crippen LogP contribution in [0.2, 0.25) is 0 Å². The van der Waals surface area contributed by atoms with E-state index < -0.39 is 0 Å². The van der Waals surface area contributed by atoms with Crippen LogP contribution >= 0.6 is 15.9 Å². The minimum atomic E-state index is -0.174. The highest BCUT2D eigenvalue weighted by molar-refractivity contribution is 9.10. The molecule has 1 heterocycles. The summed E-state index contributed by atoms with van der Waals surface area (Å²) in [6.07, 6.45) is 1.66. The summed E-state index contributed by atoms with van der Waals surface area (Å²) >= 11 is 3.36. The van der Waals surface area contributed by atoms with E-state index in [0.29, 0.717) is 11.1 Å². The smallest absolute Gasteiger partial charge is 0.279 e. The average molecular weight is 316 g/mol. The molecule has 5 heteroatoms. The van der Waals surface area contributed by atoms with E-state index in [-0.39, 0.29) is 5.56 Å². The molecule has 3 aromatic rings. The first kappa shape index (κ1) is 11.9. The average Bonchev–Trinajstić information content (AvgIpc) is 2.41. The van der Waals surface area contributed by atoms with Crippen molar-refractivity contribution in [3.63, 3.8) is 0 Å². The number of nitrogen functional groups attached to an aromatic ring is 1. The van der Waals surface area contributed by atoms with E-state index in [4.69, 9.17) is 5.73 Å². The summed E-state index contributed by atoms with van der Waals surface area (Å²) in [7, 11) is 0. The molecule has 94 valence electrons. The van der Waals surface area contributed by atoms with E-state index in [2.05, 4.69) is 21.0 Å². The second-order valence-electron chi connectivity index (χ2n) is 4.18. The topological polar surface area (TPSA) is 60.9 Å². The van der Waals surface area contributed by atoms with Crippen molar-refractivity contribution >= 4 is 32.4 Å². The van der Waals surface area contributed by atoms with Crippen molar-refractivity contribution in [3.8, 4) is 5.69 Å². The van der Waals surface area contributed by atoms with Crippen LogP contribution in [0.3, 0.4) is 0 Å². The third-order valence-corrected chi connectivity index (χ3v) is 3.41. The Hall–Kier alpha value is -2.14. The Labute approximate surface area is 117 Å². The Morgan fingerprint density at radius 1 is 1.11 bits per heavy atom. The first-order valence-electron chi connectivity index (χ1n) is 5.69. The Kier molecular flexibility index (Phi) is 2.83. The van der Waals surface area contributed by atoms with Gasteiger partial charge in [0.2, 0.25) is 0 Å². The lowest BCUT2D eigenvalue weighted by Gasteiger charge is -2.06. The fraction of sp³-hybridized carbons (Fsp3) is 0. The number of benzene rings is 2. The van der Waals surface area contributed by atoms with Crippen LogP contribution in [0.1, 0.15) is 0 Å². The molecular formula is C14H10BrN3O. The standard InChI is InChI=1S/C14H10BrN3O/c15-10-2-5-12(6-3-10)18-14(19)13-7-11(16)4-1-9(13)8-17-18/h1-8H,16H2. The van der Waals surface area contributed by atoms with Crippen molar-refractivity contribution in [2.45, 2.75) is 0 Å². The molecule has 0 atom stereocenters. The van der Waals surface area contributed by atoms with Gasteiger partial charge in [-0.1, -0.05) is 22.0 Å². The lowest BCUT2D eigenvalue weighted by atomic mass is 10.2. The fourth-order valence-electron chi connectivity index (χ4n) is 1.92. The van der Waals surface area contributed by atoms with Gasteiger partial charge < -0.3 is 5.73 Å². The Morgan fingerprint density at radius 3 is 2.58 bits per heavy atom. The van der Waals surface area contributed by atoms with Crippen LogP contribution in [0.5, 0.6) is 0 Å². The molecule has 0 aliphatic rings. The molecule has 0 amide bonds. The van der Waals surface area contributed by atoms with Gasteiger partial charge in [-0.15, -0.1) is 0 Å². The predicted octanol–water partition coefficient (Wildman–Crippen LogP) is 2.73. The van der Waals surface area contributed by atoms with Gasteiger partial charge in [0.1, 0.15) is 0 Å². The fourth-order valence-corrected chi connectivity index (χ4v) is 2.19. The van der Waals surface area contributed by atoms with Crippen LogP contribution < -0.4 is 11.3 Å². The Bertz CT molecular complexity index is 809. The highest BCUT2D eigenvalue weighted by Gasteiger charge is 2.06. The highest BCUT2D eigenvalue weighted by Crippen LogP contribution is 2.15. The molecular weight excluding hydrogens is 306 g/mol. The van der Waals surface area contributed by atoms with E-state index in [1.807, 2.05) is 24.3 Å². The van der Waals surface area contributed by atoms with Gasteiger partial charge in [0.05, 0.1) is 17.3 Å². The van der Waals surface area contributed by atoms with Crippen molar-refractivity contribution in [3.05, 3.63) is 63.5 Å². The molecule has 19 heavy (non-hydrogen) atoms. The lowest BCUT2D eigenvalue weighted by molar-refractivity contribution is 0.821. The zero-order chi connectivity index (χ0) is 13.4. The third-order valence-electron chi connectivity index (χ3n) is 2.88. The second kappa shape index (κ2) is 4.51. The van der Waals surface area contributed by atoms with Crippen LogP contribution in [0.4, 0.5) is 5.69 Å². The van der Waals surface area contributed by atoms with E-state index in [1.165, 1.54) is 4.68 Å². The quantitative estimate of drug-likeness (QED) is 0.702. The number of halogens is 1. The maximum atomic E-state index is 12.4. The monoisotopic (exact) mass is 315 g/mol. The number of hydrogen-bond donors (Lipinski definition) is 1. The van der Waals surface area contributed by atoms with Crippen molar-refractivity contribution in [2.75, 3.05) is 5.73 Å². The second-order valence-corrected chi connectivity index (χ2v) is 5.10. The molecule has 0 radical (unpaired) electrons. The molecule has 0 unspecified atom stereocenters. The van der Waals surface area contributed by atoms with Crippen LogP contribution in [-0.4, -0.2) is 9.78 Å². The number of rotatable bonds is 1. The van der Waals surface area contributed by atoms with Crippen molar-refractivity contribution in [2.24, 2.45) is 0 Å². The minimum Gasteiger partial charge on any atom is -0.399 e. The number of nitrogens with zero attached hydrogens (tertiary/aromatic N) is 2. The van der Waals surface area contributed by atoms with Gasteiger partial charge in [-0.3, -0.25) is 4.79 Å². The van der Waals surface area contributed by atoms with Crippen LogP contribution in [0.15, 0.2) is 57.9 Å². The summed E-state index contributed by atoms with van der Waals surface area (Å²) in [5.41, 5.74) is 6.84. The summed E-state index contributed by atoms with van der Waals surface area (Å²) in [5, 5.41) is 5.54. The SMILES string of the molecule is Nc1ccc2cnn(-c3ccc(Br)cc3)c(=O)c2c1. The van der Waals surface area contributed by atoms with E-state index >= 15 is 0 Å². The minimum absolute atomic E-state index is 0.174. The number of nitrogens with two attached hydrogens (primary N) is 1. The molecule has 0 saturated carbocycles. The number of hydrogen-bond acceptors (Lipinski definition) is 3. The molecule has 0 saturated heterocycles. The summed E-state index contributed by atoms with van der Waals surface area (Å²) in [6.45, 7) is 0. The largest absolute Gasteiger partial charge is 0.399 e. The van der Waals surface area contributed by atoms with Crippen molar-refractivity contribution < 1.29 is 0 Å². The summed E-state index contributed by atoms with van der Waals surface area (Å²) in [4.78, 5) is 12.4. The molecule has 3 rings (SSSR count). The van der Waals surface area contributed by atoms with Crippen LogP contribution in [-0.2, 0) is 0 Å². The predicted molar refractivity (Wildman–Crippen MR) is 79.5 cm³/mol. The molecule has 0 bridgehead atoms. The van der Waals surface area contributed by atoms with Gasteiger partial charge in [0, 0.05) is 15.5 Å². The van der Waals surface area contributed by atoms with Gasteiger partial charge in [-0.25, -0.2) is 0 Å². The molecule has 4 nitrogen and oxygen atoms in total. The third kappa shape index (κ3) is 2.13. The molecule has 2 aromatic carbocycles.